The molecule has 0 aliphatic rings. The molecule has 1 aromatic rings. The van der Waals surface area contributed by atoms with Gasteiger partial charge in [0.1, 0.15) is 0 Å². The van der Waals surface area contributed by atoms with E-state index in [1.807, 2.05) is 35.2 Å². The van der Waals surface area contributed by atoms with Crippen LogP contribution in [0, 0.1) is 0 Å². The summed E-state index contributed by atoms with van der Waals surface area (Å²) in [5.74, 6) is 0.176. The standard InChI is InChI=1S/C14H22N2O/c1-2-3-12-16(14(17)10-7-11-15)13-8-5-4-6-9-13/h4-6,8-9H,2-3,7,10-12,15H2,1H3. The van der Waals surface area contributed by atoms with E-state index in [0.717, 1.165) is 31.5 Å². The maximum Gasteiger partial charge on any atom is 0.227 e. The molecular formula is C14H22N2O. The lowest BCUT2D eigenvalue weighted by Crippen LogP contribution is -2.32. The van der Waals surface area contributed by atoms with Crippen LogP contribution >= 0.6 is 0 Å². The summed E-state index contributed by atoms with van der Waals surface area (Å²) in [5, 5.41) is 0. The van der Waals surface area contributed by atoms with Gasteiger partial charge in [0.25, 0.3) is 0 Å². The number of nitrogens with two attached hydrogens (primary N) is 1. The maximum absolute atomic E-state index is 12.1. The fourth-order valence-electron chi connectivity index (χ4n) is 1.71. The van der Waals surface area contributed by atoms with E-state index in [1.54, 1.807) is 0 Å². The zero-order valence-corrected chi connectivity index (χ0v) is 10.6. The predicted molar refractivity (Wildman–Crippen MR) is 72.0 cm³/mol. The lowest BCUT2D eigenvalue weighted by atomic mass is 10.2. The third-order valence-electron chi connectivity index (χ3n) is 2.70. The van der Waals surface area contributed by atoms with Gasteiger partial charge in [0.2, 0.25) is 5.91 Å². The van der Waals surface area contributed by atoms with Gasteiger partial charge in [-0.1, -0.05) is 31.5 Å². The highest BCUT2D eigenvalue weighted by Crippen LogP contribution is 2.15. The van der Waals surface area contributed by atoms with E-state index in [2.05, 4.69) is 6.92 Å². The van der Waals surface area contributed by atoms with Gasteiger partial charge in [0.15, 0.2) is 0 Å². The topological polar surface area (TPSA) is 46.3 Å². The van der Waals surface area contributed by atoms with E-state index in [-0.39, 0.29) is 5.91 Å². The van der Waals surface area contributed by atoms with E-state index in [4.69, 9.17) is 5.73 Å². The molecule has 0 unspecified atom stereocenters. The monoisotopic (exact) mass is 234 g/mol. The highest BCUT2D eigenvalue weighted by Gasteiger charge is 2.13. The van der Waals surface area contributed by atoms with E-state index in [1.165, 1.54) is 0 Å². The first-order valence-corrected chi connectivity index (χ1v) is 6.35. The third-order valence-corrected chi connectivity index (χ3v) is 2.70. The van der Waals surface area contributed by atoms with E-state index in [0.29, 0.717) is 13.0 Å². The van der Waals surface area contributed by atoms with Crippen molar-refractivity contribution in [2.75, 3.05) is 18.0 Å². The van der Waals surface area contributed by atoms with Crippen LogP contribution in [0.1, 0.15) is 32.6 Å². The number of carbonyl (C=O) groups excluding carboxylic acids is 1. The largest absolute Gasteiger partial charge is 0.330 e. The van der Waals surface area contributed by atoms with Gasteiger partial charge in [-0.2, -0.15) is 0 Å². The summed E-state index contributed by atoms with van der Waals surface area (Å²) in [6.07, 6.45) is 3.42. The molecule has 0 aliphatic heterocycles. The molecule has 0 fully saturated rings. The van der Waals surface area contributed by atoms with Crippen molar-refractivity contribution >= 4 is 11.6 Å². The molecule has 0 aromatic heterocycles. The van der Waals surface area contributed by atoms with Crippen molar-refractivity contribution in [1.29, 1.82) is 0 Å². The second-order valence-electron chi connectivity index (χ2n) is 4.13. The molecule has 1 aromatic carbocycles. The van der Waals surface area contributed by atoms with Crippen molar-refractivity contribution < 1.29 is 4.79 Å². The van der Waals surface area contributed by atoms with E-state index in [9.17, 15) is 4.79 Å². The Hall–Kier alpha value is -1.35. The smallest absolute Gasteiger partial charge is 0.227 e. The SMILES string of the molecule is CCCCN(C(=O)CCCN)c1ccccc1. The summed E-state index contributed by atoms with van der Waals surface area (Å²) in [4.78, 5) is 14.0. The number of benzene rings is 1. The highest BCUT2D eigenvalue weighted by atomic mass is 16.2. The Labute approximate surface area is 104 Å². The van der Waals surface area contributed by atoms with Gasteiger partial charge in [-0.15, -0.1) is 0 Å². The van der Waals surface area contributed by atoms with Crippen LogP contribution in [0.2, 0.25) is 0 Å². The lowest BCUT2D eigenvalue weighted by Gasteiger charge is -2.22. The van der Waals surface area contributed by atoms with Gasteiger partial charge in [-0.3, -0.25) is 4.79 Å². The highest BCUT2D eigenvalue weighted by molar-refractivity contribution is 5.93. The summed E-state index contributed by atoms with van der Waals surface area (Å²) in [7, 11) is 0. The van der Waals surface area contributed by atoms with Gasteiger partial charge in [-0.25, -0.2) is 0 Å². The molecule has 0 saturated carbocycles. The van der Waals surface area contributed by atoms with Crippen molar-refractivity contribution in [3.8, 4) is 0 Å². The first kappa shape index (κ1) is 13.7. The summed E-state index contributed by atoms with van der Waals surface area (Å²) >= 11 is 0. The van der Waals surface area contributed by atoms with Crippen LogP contribution in [-0.4, -0.2) is 19.0 Å². The molecule has 0 bridgehead atoms. The molecule has 17 heavy (non-hydrogen) atoms. The molecule has 1 rings (SSSR count). The minimum Gasteiger partial charge on any atom is -0.330 e. The molecule has 3 heteroatoms. The Kier molecular flexibility index (Phi) is 6.33. The molecule has 0 atom stereocenters. The van der Waals surface area contributed by atoms with Gasteiger partial charge < -0.3 is 10.6 Å². The van der Waals surface area contributed by atoms with Crippen molar-refractivity contribution in [2.24, 2.45) is 5.73 Å². The van der Waals surface area contributed by atoms with Crippen LogP contribution in [0.15, 0.2) is 30.3 Å². The van der Waals surface area contributed by atoms with Crippen LogP contribution in [0.3, 0.4) is 0 Å². The number of hydrogen-bond donors (Lipinski definition) is 1. The second-order valence-corrected chi connectivity index (χ2v) is 4.13. The Morgan fingerprint density at radius 1 is 1.24 bits per heavy atom. The van der Waals surface area contributed by atoms with Crippen LogP contribution in [0.25, 0.3) is 0 Å². The van der Waals surface area contributed by atoms with Crippen LogP contribution < -0.4 is 10.6 Å². The Bertz CT molecular complexity index is 324. The lowest BCUT2D eigenvalue weighted by molar-refractivity contribution is -0.118. The molecule has 0 saturated heterocycles. The zero-order chi connectivity index (χ0) is 12.5. The predicted octanol–water partition coefficient (Wildman–Crippen LogP) is 2.56. The Morgan fingerprint density at radius 3 is 2.53 bits per heavy atom. The number of hydrogen-bond acceptors (Lipinski definition) is 2. The number of nitrogens with zero attached hydrogens (tertiary/aromatic N) is 1. The minimum atomic E-state index is 0.176. The van der Waals surface area contributed by atoms with Gasteiger partial charge >= 0.3 is 0 Å². The number of rotatable bonds is 7. The summed E-state index contributed by atoms with van der Waals surface area (Å²) in [6, 6.07) is 9.85. The van der Waals surface area contributed by atoms with Crippen molar-refractivity contribution in [3.63, 3.8) is 0 Å². The Balaban J connectivity index is 2.69. The molecule has 1 amide bonds. The molecule has 0 aliphatic carbocycles. The molecule has 0 radical (unpaired) electrons. The molecule has 0 heterocycles. The first-order chi connectivity index (χ1) is 8.29. The molecular weight excluding hydrogens is 212 g/mol. The number of unbranched alkanes of at least 4 members (excludes halogenated alkanes) is 1. The second kappa shape index (κ2) is 7.85. The molecule has 3 nitrogen and oxygen atoms in total. The van der Waals surface area contributed by atoms with Gasteiger partial charge in [-0.05, 0) is 31.5 Å². The maximum atomic E-state index is 12.1. The first-order valence-electron chi connectivity index (χ1n) is 6.35. The van der Waals surface area contributed by atoms with Crippen LogP contribution in [-0.2, 0) is 4.79 Å². The van der Waals surface area contributed by atoms with Gasteiger partial charge in [0.05, 0.1) is 0 Å². The minimum absolute atomic E-state index is 0.176. The fourth-order valence-corrected chi connectivity index (χ4v) is 1.71. The average Bonchev–Trinajstić information content (AvgIpc) is 2.38. The normalized spacial score (nSPS) is 10.2. The van der Waals surface area contributed by atoms with Crippen LogP contribution in [0.5, 0.6) is 0 Å². The summed E-state index contributed by atoms with van der Waals surface area (Å²) in [5.41, 5.74) is 6.43. The van der Waals surface area contributed by atoms with Crippen LogP contribution in [0.4, 0.5) is 5.69 Å². The van der Waals surface area contributed by atoms with Gasteiger partial charge in [0, 0.05) is 18.7 Å². The number of para-hydroxylation sites is 1. The summed E-state index contributed by atoms with van der Waals surface area (Å²) in [6.45, 7) is 3.50. The van der Waals surface area contributed by atoms with E-state index >= 15 is 0 Å². The average molecular weight is 234 g/mol. The molecule has 0 spiro atoms. The number of amides is 1. The Morgan fingerprint density at radius 2 is 1.94 bits per heavy atom. The van der Waals surface area contributed by atoms with E-state index < -0.39 is 0 Å². The number of anilines is 1. The zero-order valence-electron chi connectivity index (χ0n) is 10.6. The van der Waals surface area contributed by atoms with Crippen molar-refractivity contribution in [1.82, 2.24) is 0 Å². The van der Waals surface area contributed by atoms with Crippen molar-refractivity contribution in [3.05, 3.63) is 30.3 Å². The van der Waals surface area contributed by atoms with Crippen molar-refractivity contribution in [2.45, 2.75) is 32.6 Å². The summed E-state index contributed by atoms with van der Waals surface area (Å²) < 4.78 is 0. The molecule has 94 valence electrons. The fraction of sp³-hybridized carbons (Fsp3) is 0.500. The number of carbonyl (C=O) groups is 1. The quantitative estimate of drug-likeness (QED) is 0.788. The molecule has 2 N–H and O–H groups in total. The third kappa shape index (κ3) is 4.57.